The van der Waals surface area contributed by atoms with Crippen LogP contribution >= 0.6 is 0 Å². The van der Waals surface area contributed by atoms with Crippen LogP contribution in [-0.2, 0) is 16.5 Å². The Kier molecular flexibility index (Phi) is 11.9. The Morgan fingerprint density at radius 1 is 0.897 bits per heavy atom. The number of rotatable bonds is 12. The molecular formula is C22H29NaO5S. The zero-order valence-corrected chi connectivity index (χ0v) is 20.2. The van der Waals surface area contributed by atoms with Gasteiger partial charge in [-0.3, -0.25) is 4.55 Å². The van der Waals surface area contributed by atoms with Crippen molar-refractivity contribution in [3.8, 4) is 17.2 Å². The fraction of sp³-hybridized carbons (Fsp3) is 0.455. The molecular weight excluding hydrogens is 399 g/mol. The smallest absolute Gasteiger partial charge is 0.870 e. The summed E-state index contributed by atoms with van der Waals surface area (Å²) in [6.45, 7) is 2.22. The molecule has 0 heterocycles. The standard InChI is InChI=1S/C22H30O5S.Na/c1-2-3-4-5-6-7-8-9-12-18-13-10-11-14-21(18)27-22-17-19(28(24,25)26)15-16-20(22)23;/h10-11,13-17,23H,2-9,12H2,1H3,(H,24,25,26);/q;+1/p-1. The normalized spacial score (nSPS) is 11.1. The Morgan fingerprint density at radius 3 is 2.17 bits per heavy atom. The maximum atomic E-state index is 12.0. The molecule has 0 aliphatic rings. The van der Waals surface area contributed by atoms with Gasteiger partial charge in [-0.05, 0) is 30.5 Å². The topological polar surface area (TPSA) is 86.7 Å². The van der Waals surface area contributed by atoms with E-state index in [9.17, 15) is 18.1 Å². The van der Waals surface area contributed by atoms with Crippen molar-refractivity contribution in [2.75, 3.05) is 0 Å². The molecule has 0 saturated carbocycles. The molecule has 0 aliphatic heterocycles. The van der Waals surface area contributed by atoms with E-state index in [1.54, 1.807) is 6.07 Å². The van der Waals surface area contributed by atoms with E-state index < -0.39 is 15.9 Å². The van der Waals surface area contributed by atoms with Crippen LogP contribution in [0.25, 0.3) is 0 Å². The summed E-state index contributed by atoms with van der Waals surface area (Å²) in [5, 5.41) is 12.0. The molecule has 0 radical (unpaired) electrons. The number of unbranched alkanes of at least 4 members (excludes halogenated alkanes) is 7. The van der Waals surface area contributed by atoms with Crippen LogP contribution in [0.1, 0.15) is 63.9 Å². The molecule has 29 heavy (non-hydrogen) atoms. The van der Waals surface area contributed by atoms with Crippen molar-refractivity contribution in [2.24, 2.45) is 0 Å². The molecule has 0 atom stereocenters. The Labute approximate surface area is 196 Å². The van der Waals surface area contributed by atoms with Gasteiger partial charge in [0.05, 0.1) is 4.90 Å². The summed E-state index contributed by atoms with van der Waals surface area (Å²) in [5.74, 6) is -0.0113. The fourth-order valence-corrected chi connectivity index (χ4v) is 3.60. The van der Waals surface area contributed by atoms with Gasteiger partial charge in [-0.15, -0.1) is 0 Å². The third-order valence-corrected chi connectivity index (χ3v) is 5.55. The van der Waals surface area contributed by atoms with Gasteiger partial charge in [0.1, 0.15) is 11.5 Å². The maximum Gasteiger partial charge on any atom is 1.00 e. The third kappa shape index (κ3) is 9.09. The Hall–Kier alpha value is -1.05. The molecule has 2 aromatic carbocycles. The zero-order valence-electron chi connectivity index (χ0n) is 17.4. The molecule has 2 aromatic rings. The first-order valence-corrected chi connectivity index (χ1v) is 11.4. The first-order valence-electron chi connectivity index (χ1n) is 9.96. The number of para-hydroxylation sites is 1. The van der Waals surface area contributed by atoms with E-state index in [0.717, 1.165) is 43.0 Å². The van der Waals surface area contributed by atoms with Crippen LogP contribution in [0.2, 0.25) is 0 Å². The Morgan fingerprint density at radius 2 is 1.52 bits per heavy atom. The van der Waals surface area contributed by atoms with Gasteiger partial charge in [0.15, 0.2) is 0 Å². The van der Waals surface area contributed by atoms with E-state index in [0.29, 0.717) is 5.75 Å². The molecule has 5 nitrogen and oxygen atoms in total. The first-order chi connectivity index (χ1) is 13.4. The van der Waals surface area contributed by atoms with E-state index >= 15 is 0 Å². The van der Waals surface area contributed by atoms with Crippen LogP contribution in [-0.4, -0.2) is 13.0 Å². The van der Waals surface area contributed by atoms with Gasteiger partial charge in [0, 0.05) is 6.07 Å². The zero-order chi connectivity index (χ0) is 20.4. The minimum Gasteiger partial charge on any atom is -0.870 e. The Bertz CT molecular complexity index is 852. The molecule has 0 aliphatic carbocycles. The SMILES string of the molecule is CCCCCCCCCCc1ccccc1Oc1cc(S(=O)(=O)O)ccc1[O-].[Na+]. The van der Waals surface area contributed by atoms with Crippen molar-refractivity contribution in [3.63, 3.8) is 0 Å². The molecule has 1 N–H and O–H groups in total. The molecule has 0 unspecified atom stereocenters. The number of aryl methyl sites for hydroxylation is 1. The molecule has 2 rings (SSSR count). The van der Waals surface area contributed by atoms with Crippen LogP contribution in [0, 0.1) is 0 Å². The minimum absolute atomic E-state index is 0. The molecule has 7 heteroatoms. The quantitative estimate of drug-likeness (QED) is 0.319. The van der Waals surface area contributed by atoms with Crippen molar-refractivity contribution in [2.45, 2.75) is 69.6 Å². The molecule has 0 spiro atoms. The number of ether oxygens (including phenoxy) is 1. The predicted octanol–water partition coefficient (Wildman–Crippen LogP) is 2.49. The second-order valence-corrected chi connectivity index (χ2v) is 8.44. The summed E-state index contributed by atoms with van der Waals surface area (Å²) in [6.07, 6.45) is 10.7. The molecule has 0 saturated heterocycles. The van der Waals surface area contributed by atoms with E-state index in [-0.39, 0.29) is 40.2 Å². The van der Waals surface area contributed by atoms with Crippen LogP contribution in [0.3, 0.4) is 0 Å². The van der Waals surface area contributed by atoms with Crippen molar-refractivity contribution in [1.29, 1.82) is 0 Å². The van der Waals surface area contributed by atoms with E-state index in [4.69, 9.17) is 4.74 Å². The van der Waals surface area contributed by atoms with Gasteiger partial charge in [0.2, 0.25) is 0 Å². The summed E-state index contributed by atoms with van der Waals surface area (Å²) in [5.41, 5.74) is 0.977. The van der Waals surface area contributed by atoms with Crippen LogP contribution in [0.4, 0.5) is 0 Å². The summed E-state index contributed by atoms with van der Waals surface area (Å²) >= 11 is 0. The molecule has 154 valence electrons. The largest absolute Gasteiger partial charge is 1.00 e. The average Bonchev–Trinajstić information content (AvgIpc) is 2.66. The fourth-order valence-electron chi connectivity index (χ4n) is 3.11. The predicted molar refractivity (Wildman–Crippen MR) is 109 cm³/mol. The van der Waals surface area contributed by atoms with Gasteiger partial charge in [-0.1, -0.05) is 81.9 Å². The van der Waals surface area contributed by atoms with E-state index in [1.807, 2.05) is 18.2 Å². The van der Waals surface area contributed by atoms with Crippen LogP contribution in [0.5, 0.6) is 17.2 Å². The van der Waals surface area contributed by atoms with Gasteiger partial charge >= 0.3 is 29.6 Å². The van der Waals surface area contributed by atoms with Crippen molar-refractivity contribution < 1.29 is 52.4 Å². The average molecular weight is 429 g/mol. The third-order valence-electron chi connectivity index (χ3n) is 4.71. The van der Waals surface area contributed by atoms with Gasteiger partial charge < -0.3 is 9.84 Å². The summed E-state index contributed by atoms with van der Waals surface area (Å²) in [7, 11) is -4.39. The van der Waals surface area contributed by atoms with Gasteiger partial charge in [-0.25, -0.2) is 0 Å². The van der Waals surface area contributed by atoms with Crippen LogP contribution in [0.15, 0.2) is 47.4 Å². The summed E-state index contributed by atoms with van der Waals surface area (Å²) in [6, 6.07) is 10.7. The summed E-state index contributed by atoms with van der Waals surface area (Å²) < 4.78 is 37.5. The van der Waals surface area contributed by atoms with Gasteiger partial charge in [0.25, 0.3) is 10.1 Å². The molecule has 0 bridgehead atoms. The second kappa shape index (κ2) is 13.3. The van der Waals surface area contributed by atoms with Crippen LogP contribution < -0.4 is 39.4 Å². The van der Waals surface area contributed by atoms with Crippen molar-refractivity contribution in [1.82, 2.24) is 0 Å². The Balaban J connectivity index is 0.00000420. The van der Waals surface area contributed by atoms with E-state index in [2.05, 4.69) is 6.92 Å². The molecule has 0 aromatic heterocycles. The van der Waals surface area contributed by atoms with E-state index in [1.165, 1.54) is 38.5 Å². The van der Waals surface area contributed by atoms with Crippen molar-refractivity contribution >= 4 is 10.1 Å². The maximum absolute atomic E-state index is 12.0. The number of benzene rings is 2. The summed E-state index contributed by atoms with van der Waals surface area (Å²) in [4.78, 5) is -0.359. The monoisotopic (exact) mass is 428 g/mol. The second-order valence-electron chi connectivity index (χ2n) is 7.02. The van der Waals surface area contributed by atoms with Gasteiger partial charge in [-0.2, -0.15) is 8.42 Å². The number of hydrogen-bond donors (Lipinski definition) is 1. The minimum atomic E-state index is -4.39. The van der Waals surface area contributed by atoms with Crippen molar-refractivity contribution in [3.05, 3.63) is 48.0 Å². The molecule has 0 amide bonds. The molecule has 0 fully saturated rings. The number of hydrogen-bond acceptors (Lipinski definition) is 4. The first kappa shape index (κ1) is 26.0.